The van der Waals surface area contributed by atoms with E-state index >= 15 is 0 Å². The quantitative estimate of drug-likeness (QED) is 0.651. The number of rotatable bonds is 0. The minimum atomic E-state index is -0.315. The highest BCUT2D eigenvalue weighted by Crippen LogP contribution is 2.30. The van der Waals surface area contributed by atoms with E-state index in [2.05, 4.69) is 26.0 Å². The predicted octanol–water partition coefficient (Wildman–Crippen LogP) is 1.34. The lowest BCUT2D eigenvalue weighted by molar-refractivity contribution is 0.148. The van der Waals surface area contributed by atoms with Crippen LogP contribution in [0.25, 0.3) is 11.6 Å². The van der Waals surface area contributed by atoms with Crippen molar-refractivity contribution in [3.63, 3.8) is 0 Å². The Hall–Kier alpha value is -1.08. The highest BCUT2D eigenvalue weighted by molar-refractivity contribution is 5.55. The van der Waals surface area contributed by atoms with Gasteiger partial charge in [-0.2, -0.15) is 0 Å². The van der Waals surface area contributed by atoms with Crippen LogP contribution in [-0.4, -0.2) is 5.11 Å². The molecule has 0 amide bonds. The van der Waals surface area contributed by atoms with Crippen molar-refractivity contribution >= 4 is 11.6 Å². The zero-order valence-electron chi connectivity index (χ0n) is 8.91. The Morgan fingerprint density at radius 3 is 2.71 bits per heavy atom. The molecule has 0 saturated carbocycles. The van der Waals surface area contributed by atoms with Gasteiger partial charge in [0.1, 0.15) is 0 Å². The summed E-state index contributed by atoms with van der Waals surface area (Å²) in [5.74, 6) is 0.256. The van der Waals surface area contributed by atoms with Gasteiger partial charge in [0.15, 0.2) is 0 Å². The third kappa shape index (κ3) is 1.12. The minimum Gasteiger partial charge on any atom is -0.388 e. The molecule has 14 heavy (non-hydrogen) atoms. The summed E-state index contributed by atoms with van der Waals surface area (Å²) in [6.45, 7) is 6.24. The van der Waals surface area contributed by atoms with Crippen LogP contribution in [0.1, 0.15) is 32.4 Å². The van der Waals surface area contributed by atoms with E-state index in [4.69, 9.17) is 0 Å². The second kappa shape index (κ2) is 3.25. The van der Waals surface area contributed by atoms with Crippen molar-refractivity contribution in [1.29, 1.82) is 0 Å². The number of aliphatic hydroxyl groups excluding tert-OH is 1. The van der Waals surface area contributed by atoms with E-state index in [0.717, 1.165) is 5.56 Å². The Balaban J connectivity index is 2.89. The van der Waals surface area contributed by atoms with Gasteiger partial charge < -0.3 is 5.11 Å². The van der Waals surface area contributed by atoms with Gasteiger partial charge in [-0.1, -0.05) is 36.8 Å². The zero-order chi connectivity index (χ0) is 10.3. The summed E-state index contributed by atoms with van der Waals surface area (Å²) in [6.07, 6.45) is 1.79. The van der Waals surface area contributed by atoms with Gasteiger partial charge in [0, 0.05) is 5.92 Å². The Labute approximate surface area is 84.4 Å². The number of hydrogen-bond acceptors (Lipinski definition) is 1. The lowest BCUT2D eigenvalue weighted by Gasteiger charge is -2.11. The summed E-state index contributed by atoms with van der Waals surface area (Å²) in [5, 5.41) is 12.5. The monoisotopic (exact) mass is 188 g/mol. The third-order valence-corrected chi connectivity index (χ3v) is 3.31. The average molecular weight is 188 g/mol. The van der Waals surface area contributed by atoms with Crippen molar-refractivity contribution in [2.75, 3.05) is 0 Å². The molecule has 1 nitrogen and oxygen atoms in total. The van der Waals surface area contributed by atoms with Crippen molar-refractivity contribution in [3.8, 4) is 0 Å². The second-order valence-corrected chi connectivity index (χ2v) is 4.02. The van der Waals surface area contributed by atoms with Gasteiger partial charge in [-0.05, 0) is 29.8 Å². The molecule has 2 rings (SSSR count). The zero-order valence-corrected chi connectivity index (χ0v) is 8.91. The summed E-state index contributed by atoms with van der Waals surface area (Å²) < 4.78 is 0. The van der Waals surface area contributed by atoms with E-state index in [0.29, 0.717) is 0 Å². The first-order chi connectivity index (χ1) is 6.66. The maximum atomic E-state index is 10.0. The van der Waals surface area contributed by atoms with Gasteiger partial charge in [0.2, 0.25) is 0 Å². The maximum absolute atomic E-state index is 10.0. The molecule has 0 bridgehead atoms. The standard InChI is InChI=1S/C13H16O/c1-4-10-6-5-7-11-12(10)8(2)9(3)13(11)14/h4-7,9,13-14H,1-3H3. The van der Waals surface area contributed by atoms with Crippen molar-refractivity contribution < 1.29 is 5.11 Å². The molecule has 1 aliphatic rings. The van der Waals surface area contributed by atoms with Crippen molar-refractivity contribution in [1.82, 2.24) is 0 Å². The average Bonchev–Trinajstić information content (AvgIpc) is 2.44. The fourth-order valence-corrected chi connectivity index (χ4v) is 2.26. The van der Waals surface area contributed by atoms with Gasteiger partial charge in [-0.15, -0.1) is 0 Å². The normalized spacial score (nSPS) is 26.9. The largest absolute Gasteiger partial charge is 0.388 e. The van der Waals surface area contributed by atoms with Crippen LogP contribution < -0.4 is 10.4 Å². The molecule has 0 heterocycles. The van der Waals surface area contributed by atoms with E-state index < -0.39 is 0 Å². The summed E-state index contributed by atoms with van der Waals surface area (Å²) >= 11 is 0. The topological polar surface area (TPSA) is 20.2 Å². The van der Waals surface area contributed by atoms with Gasteiger partial charge in [-0.3, -0.25) is 0 Å². The minimum absolute atomic E-state index is 0.256. The lowest BCUT2D eigenvalue weighted by atomic mass is 10.0. The molecule has 1 aromatic rings. The predicted molar refractivity (Wildman–Crippen MR) is 59.0 cm³/mol. The first-order valence-corrected chi connectivity index (χ1v) is 5.11. The Kier molecular flexibility index (Phi) is 2.20. The van der Waals surface area contributed by atoms with Gasteiger partial charge in [0.05, 0.1) is 6.10 Å². The van der Waals surface area contributed by atoms with Crippen LogP contribution in [0, 0.1) is 5.92 Å². The van der Waals surface area contributed by atoms with Crippen molar-refractivity contribution in [3.05, 3.63) is 34.2 Å². The smallest absolute Gasteiger partial charge is 0.0858 e. The van der Waals surface area contributed by atoms with Gasteiger partial charge >= 0.3 is 0 Å². The molecule has 2 unspecified atom stereocenters. The number of fused-ring (bicyclic) bond motifs is 1. The van der Waals surface area contributed by atoms with E-state index in [1.54, 1.807) is 0 Å². The molecule has 0 aromatic heterocycles. The van der Waals surface area contributed by atoms with Crippen LogP contribution in [0.2, 0.25) is 0 Å². The number of benzene rings is 1. The van der Waals surface area contributed by atoms with Crippen LogP contribution in [0.15, 0.2) is 18.2 Å². The van der Waals surface area contributed by atoms with Crippen LogP contribution in [-0.2, 0) is 0 Å². The molecule has 0 fully saturated rings. The molecule has 1 N–H and O–H groups in total. The number of hydrogen-bond donors (Lipinski definition) is 1. The molecule has 0 saturated heterocycles. The van der Waals surface area contributed by atoms with E-state index in [1.165, 1.54) is 16.0 Å². The van der Waals surface area contributed by atoms with Gasteiger partial charge in [-0.25, -0.2) is 0 Å². The summed E-state index contributed by atoms with van der Waals surface area (Å²) in [4.78, 5) is 0. The van der Waals surface area contributed by atoms with Crippen molar-refractivity contribution in [2.45, 2.75) is 26.9 Å². The third-order valence-electron chi connectivity index (χ3n) is 3.31. The maximum Gasteiger partial charge on any atom is 0.0858 e. The molecule has 0 spiro atoms. The molecule has 0 radical (unpaired) electrons. The first-order valence-electron chi connectivity index (χ1n) is 5.11. The fraction of sp³-hybridized carbons (Fsp3) is 0.385. The highest BCUT2D eigenvalue weighted by atomic mass is 16.3. The molecule has 1 heteroatoms. The van der Waals surface area contributed by atoms with E-state index in [9.17, 15) is 5.11 Å². The van der Waals surface area contributed by atoms with Crippen LogP contribution in [0.4, 0.5) is 0 Å². The molecule has 0 aliphatic heterocycles. The van der Waals surface area contributed by atoms with E-state index in [-0.39, 0.29) is 12.0 Å². The van der Waals surface area contributed by atoms with Gasteiger partial charge in [0.25, 0.3) is 0 Å². The molecular formula is C13H16O. The molecule has 1 aromatic carbocycles. The highest BCUT2D eigenvalue weighted by Gasteiger charge is 2.26. The first kappa shape index (κ1) is 9.47. The van der Waals surface area contributed by atoms with Crippen LogP contribution in [0.5, 0.6) is 0 Å². The summed E-state index contributed by atoms with van der Waals surface area (Å²) in [7, 11) is 0. The summed E-state index contributed by atoms with van der Waals surface area (Å²) in [6, 6.07) is 6.15. The molecular weight excluding hydrogens is 172 g/mol. The summed E-state index contributed by atoms with van der Waals surface area (Å²) in [5.41, 5.74) is 2.40. The Bertz CT molecular complexity index is 470. The van der Waals surface area contributed by atoms with Crippen molar-refractivity contribution in [2.24, 2.45) is 5.92 Å². The van der Waals surface area contributed by atoms with Crippen LogP contribution in [0.3, 0.4) is 0 Å². The Morgan fingerprint density at radius 1 is 1.36 bits per heavy atom. The SMILES string of the molecule is CC=c1cccc2c1=C(C)C(C)C2O. The lowest BCUT2D eigenvalue weighted by Crippen LogP contribution is -2.27. The molecule has 74 valence electrons. The molecule has 1 aliphatic carbocycles. The Morgan fingerprint density at radius 2 is 2.07 bits per heavy atom. The molecule has 2 atom stereocenters. The number of aliphatic hydroxyl groups is 1. The van der Waals surface area contributed by atoms with Crippen LogP contribution >= 0.6 is 0 Å². The fourth-order valence-electron chi connectivity index (χ4n) is 2.26. The van der Waals surface area contributed by atoms with E-state index in [1.807, 2.05) is 19.1 Å². The second-order valence-electron chi connectivity index (χ2n) is 4.02.